The number of nitrogens with zero attached hydrogens (tertiary/aromatic N) is 1. The number of carbonyl (C=O) groups excluding carboxylic acids is 1. The van der Waals surface area contributed by atoms with Gasteiger partial charge in [-0.25, -0.2) is 4.39 Å². The van der Waals surface area contributed by atoms with Crippen molar-refractivity contribution in [3.8, 4) is 0 Å². The van der Waals surface area contributed by atoms with Gasteiger partial charge in [-0.1, -0.05) is 30.3 Å². The van der Waals surface area contributed by atoms with Gasteiger partial charge in [-0.2, -0.15) is 0 Å². The van der Waals surface area contributed by atoms with Crippen molar-refractivity contribution < 1.29 is 9.18 Å². The molecule has 0 spiro atoms. The van der Waals surface area contributed by atoms with Crippen LogP contribution >= 0.6 is 0 Å². The maximum atomic E-state index is 13.5. The summed E-state index contributed by atoms with van der Waals surface area (Å²) in [6.45, 7) is 3.91. The number of hydrogen-bond donors (Lipinski definition) is 1. The predicted octanol–water partition coefficient (Wildman–Crippen LogP) is 3.73. The van der Waals surface area contributed by atoms with Gasteiger partial charge in [0, 0.05) is 6.04 Å². The number of anilines is 2. The third-order valence-corrected chi connectivity index (χ3v) is 3.65. The zero-order valence-corrected chi connectivity index (χ0v) is 12.0. The Morgan fingerprint density at radius 1 is 1.14 bits per heavy atom. The summed E-state index contributed by atoms with van der Waals surface area (Å²) < 4.78 is 13.5. The molecule has 0 saturated carbocycles. The third-order valence-electron chi connectivity index (χ3n) is 3.65. The molecule has 2 aromatic carbocycles. The van der Waals surface area contributed by atoms with Crippen LogP contribution in [-0.2, 0) is 4.79 Å². The van der Waals surface area contributed by atoms with Crippen molar-refractivity contribution in [3.05, 3.63) is 59.9 Å². The van der Waals surface area contributed by atoms with Gasteiger partial charge in [0.2, 0.25) is 0 Å². The molecule has 0 fully saturated rings. The Bertz CT molecular complexity index is 670. The molecule has 3 nitrogen and oxygen atoms in total. The zero-order valence-electron chi connectivity index (χ0n) is 12.0. The number of amides is 1. The second kappa shape index (κ2) is 5.20. The predicted molar refractivity (Wildman–Crippen MR) is 81.8 cm³/mol. The van der Waals surface area contributed by atoms with Crippen molar-refractivity contribution in [2.24, 2.45) is 0 Å². The molecule has 0 aliphatic carbocycles. The molecule has 0 bridgehead atoms. The maximum absolute atomic E-state index is 13.5. The zero-order chi connectivity index (χ0) is 15.0. The minimum Gasteiger partial charge on any atom is -0.368 e. The summed E-state index contributed by atoms with van der Waals surface area (Å²) in [7, 11) is 0. The highest BCUT2D eigenvalue weighted by molar-refractivity contribution is 6.05. The van der Waals surface area contributed by atoms with Crippen molar-refractivity contribution in [3.63, 3.8) is 0 Å². The SMILES string of the molecule is CC(C)N1C(=O)C(c2ccccc2)Nc2cc(F)ccc21. The monoisotopic (exact) mass is 284 g/mol. The summed E-state index contributed by atoms with van der Waals surface area (Å²) in [5.74, 6) is -0.332. The van der Waals surface area contributed by atoms with Gasteiger partial charge in [-0.3, -0.25) is 4.79 Å². The smallest absolute Gasteiger partial charge is 0.254 e. The van der Waals surface area contributed by atoms with Gasteiger partial charge < -0.3 is 10.2 Å². The molecule has 0 aromatic heterocycles. The largest absolute Gasteiger partial charge is 0.368 e. The number of rotatable bonds is 2. The molecule has 3 rings (SSSR count). The van der Waals surface area contributed by atoms with E-state index in [-0.39, 0.29) is 17.8 Å². The van der Waals surface area contributed by atoms with E-state index in [4.69, 9.17) is 0 Å². The average molecular weight is 284 g/mol. The number of benzene rings is 2. The van der Waals surface area contributed by atoms with Crippen LogP contribution in [0.3, 0.4) is 0 Å². The molecule has 1 unspecified atom stereocenters. The average Bonchev–Trinajstić information content (AvgIpc) is 2.47. The van der Waals surface area contributed by atoms with E-state index in [1.54, 1.807) is 11.0 Å². The molecule has 21 heavy (non-hydrogen) atoms. The first-order chi connectivity index (χ1) is 10.1. The maximum Gasteiger partial charge on any atom is 0.254 e. The second-order valence-electron chi connectivity index (χ2n) is 5.45. The number of carbonyl (C=O) groups is 1. The van der Waals surface area contributed by atoms with Crippen molar-refractivity contribution in [1.29, 1.82) is 0 Å². The molecule has 1 aliphatic rings. The quantitative estimate of drug-likeness (QED) is 0.911. The van der Waals surface area contributed by atoms with E-state index in [9.17, 15) is 9.18 Å². The molecular formula is C17H17FN2O. The molecule has 4 heteroatoms. The number of nitrogens with one attached hydrogen (secondary N) is 1. The van der Waals surface area contributed by atoms with Crippen molar-refractivity contribution in [2.75, 3.05) is 10.2 Å². The first kappa shape index (κ1) is 13.6. The highest BCUT2D eigenvalue weighted by atomic mass is 19.1. The summed E-state index contributed by atoms with van der Waals surface area (Å²) >= 11 is 0. The molecule has 1 N–H and O–H groups in total. The summed E-state index contributed by atoms with van der Waals surface area (Å²) in [6, 6.07) is 13.5. The Hall–Kier alpha value is -2.36. The molecule has 1 aliphatic heterocycles. The molecule has 108 valence electrons. The van der Waals surface area contributed by atoms with Crippen LogP contribution < -0.4 is 10.2 Å². The van der Waals surface area contributed by atoms with E-state index in [0.717, 1.165) is 11.3 Å². The Morgan fingerprint density at radius 3 is 2.52 bits per heavy atom. The Balaban J connectivity index is 2.09. The van der Waals surface area contributed by atoms with Gasteiger partial charge >= 0.3 is 0 Å². The lowest BCUT2D eigenvalue weighted by atomic mass is 10.00. The fourth-order valence-corrected chi connectivity index (χ4v) is 2.71. The van der Waals surface area contributed by atoms with Crippen molar-refractivity contribution in [2.45, 2.75) is 25.9 Å². The summed E-state index contributed by atoms with van der Waals surface area (Å²) in [4.78, 5) is 14.5. The third kappa shape index (κ3) is 2.37. The minimum atomic E-state index is -0.483. The summed E-state index contributed by atoms with van der Waals surface area (Å²) in [5.41, 5.74) is 2.25. The lowest BCUT2D eigenvalue weighted by molar-refractivity contribution is -0.120. The number of hydrogen-bond acceptors (Lipinski definition) is 2. The first-order valence-electron chi connectivity index (χ1n) is 7.02. The van der Waals surface area contributed by atoms with Crippen LogP contribution in [0.4, 0.5) is 15.8 Å². The molecule has 2 aromatic rings. The van der Waals surface area contributed by atoms with Gasteiger partial charge in [0.1, 0.15) is 11.9 Å². The fourth-order valence-electron chi connectivity index (χ4n) is 2.71. The van der Waals surface area contributed by atoms with Crippen LogP contribution in [0, 0.1) is 5.82 Å². The van der Waals surface area contributed by atoms with E-state index >= 15 is 0 Å². The van der Waals surface area contributed by atoms with Gasteiger partial charge in [0.15, 0.2) is 0 Å². The summed E-state index contributed by atoms with van der Waals surface area (Å²) in [6.07, 6.45) is 0. The number of fused-ring (bicyclic) bond motifs is 1. The molecule has 1 heterocycles. The van der Waals surface area contributed by atoms with Crippen LogP contribution in [-0.4, -0.2) is 11.9 Å². The Labute approximate surface area is 123 Å². The van der Waals surface area contributed by atoms with Crippen molar-refractivity contribution in [1.82, 2.24) is 0 Å². The summed E-state index contributed by atoms with van der Waals surface area (Å²) in [5, 5.41) is 3.16. The van der Waals surface area contributed by atoms with Crippen molar-refractivity contribution >= 4 is 17.3 Å². The van der Waals surface area contributed by atoms with Crippen LogP contribution in [0.25, 0.3) is 0 Å². The van der Waals surface area contributed by atoms with E-state index in [1.165, 1.54) is 12.1 Å². The van der Waals surface area contributed by atoms with E-state index in [2.05, 4.69) is 5.32 Å². The van der Waals surface area contributed by atoms with E-state index < -0.39 is 6.04 Å². The van der Waals surface area contributed by atoms with Gasteiger partial charge in [0.25, 0.3) is 5.91 Å². The lowest BCUT2D eigenvalue weighted by Gasteiger charge is -2.38. The first-order valence-corrected chi connectivity index (χ1v) is 7.02. The topological polar surface area (TPSA) is 32.3 Å². The lowest BCUT2D eigenvalue weighted by Crippen LogP contribution is -2.46. The molecular weight excluding hydrogens is 267 g/mol. The molecule has 1 atom stereocenters. The van der Waals surface area contributed by atoms with E-state index in [0.29, 0.717) is 5.69 Å². The van der Waals surface area contributed by atoms with Gasteiger partial charge in [-0.05, 0) is 37.6 Å². The van der Waals surface area contributed by atoms with Crippen LogP contribution in [0.15, 0.2) is 48.5 Å². The molecule has 1 amide bonds. The van der Waals surface area contributed by atoms with Crippen LogP contribution in [0.1, 0.15) is 25.5 Å². The normalized spacial score (nSPS) is 17.6. The van der Waals surface area contributed by atoms with Crippen LogP contribution in [0.2, 0.25) is 0 Å². The Kier molecular flexibility index (Phi) is 3.37. The fraction of sp³-hybridized carbons (Fsp3) is 0.235. The van der Waals surface area contributed by atoms with Gasteiger partial charge in [0.05, 0.1) is 11.4 Å². The molecule has 0 radical (unpaired) electrons. The van der Waals surface area contributed by atoms with Crippen LogP contribution in [0.5, 0.6) is 0 Å². The second-order valence-corrected chi connectivity index (χ2v) is 5.45. The highest BCUT2D eigenvalue weighted by Gasteiger charge is 2.34. The number of halogens is 1. The van der Waals surface area contributed by atoms with E-state index in [1.807, 2.05) is 44.2 Å². The Morgan fingerprint density at radius 2 is 1.86 bits per heavy atom. The minimum absolute atomic E-state index is 0.00928. The highest BCUT2D eigenvalue weighted by Crippen LogP contribution is 2.38. The molecule has 0 saturated heterocycles. The standard InChI is InChI=1S/C17H17FN2O/c1-11(2)20-15-9-8-13(18)10-14(15)19-16(17(20)21)12-6-4-3-5-7-12/h3-11,16,19H,1-2H3. The van der Waals surface area contributed by atoms with Gasteiger partial charge in [-0.15, -0.1) is 0 Å².